The molecule has 32 heavy (non-hydrogen) atoms. The first kappa shape index (κ1) is 23.2. The smallest absolute Gasteiger partial charge is 0.165 e. The number of aliphatic imine (C=N–C) groups is 1. The molecule has 2 N–H and O–H groups in total. The zero-order chi connectivity index (χ0) is 23.1. The largest absolute Gasteiger partial charge is 0.508 e. The van der Waals surface area contributed by atoms with Gasteiger partial charge in [-0.1, -0.05) is 26.0 Å². The number of aryl methyl sites for hydroxylation is 1. The Morgan fingerprint density at radius 3 is 2.53 bits per heavy atom. The average Bonchev–Trinajstić information content (AvgIpc) is 2.78. The van der Waals surface area contributed by atoms with Crippen molar-refractivity contribution in [1.82, 2.24) is 15.0 Å². The van der Waals surface area contributed by atoms with Gasteiger partial charge < -0.3 is 15.3 Å². The van der Waals surface area contributed by atoms with Crippen LogP contribution < -0.4 is 10.2 Å². The van der Waals surface area contributed by atoms with Crippen molar-refractivity contribution in [3.8, 4) is 17.1 Å². The van der Waals surface area contributed by atoms with E-state index in [0.29, 0.717) is 29.8 Å². The van der Waals surface area contributed by atoms with Crippen molar-refractivity contribution in [3.05, 3.63) is 53.9 Å². The summed E-state index contributed by atoms with van der Waals surface area (Å²) in [4.78, 5) is 20.5. The summed E-state index contributed by atoms with van der Waals surface area (Å²) < 4.78 is 0. The molecule has 0 amide bonds. The van der Waals surface area contributed by atoms with E-state index in [-0.39, 0.29) is 5.75 Å². The van der Waals surface area contributed by atoms with Gasteiger partial charge in [-0.15, -0.1) is 0 Å². The number of benzene rings is 1. The molecular formula is C25H32N6O. The highest BCUT2D eigenvalue weighted by molar-refractivity contribution is 5.79. The lowest BCUT2D eigenvalue weighted by atomic mass is 10.1. The predicted molar refractivity (Wildman–Crippen MR) is 132 cm³/mol. The summed E-state index contributed by atoms with van der Waals surface area (Å²) in [7, 11) is 0. The molecule has 0 fully saturated rings. The van der Waals surface area contributed by atoms with E-state index in [1.54, 1.807) is 18.3 Å². The highest BCUT2D eigenvalue weighted by atomic mass is 16.3. The van der Waals surface area contributed by atoms with Crippen molar-refractivity contribution in [3.63, 3.8) is 0 Å². The van der Waals surface area contributed by atoms with Crippen LogP contribution in [0.5, 0.6) is 5.75 Å². The van der Waals surface area contributed by atoms with E-state index < -0.39 is 0 Å². The molecule has 0 bridgehead atoms. The Morgan fingerprint density at radius 2 is 1.91 bits per heavy atom. The zero-order valence-electron chi connectivity index (χ0n) is 19.3. The highest BCUT2D eigenvalue weighted by Crippen LogP contribution is 2.35. The van der Waals surface area contributed by atoms with E-state index >= 15 is 0 Å². The summed E-state index contributed by atoms with van der Waals surface area (Å²) in [6, 6.07) is 9.26. The fourth-order valence-corrected chi connectivity index (χ4v) is 3.53. The number of nitrogens with zero attached hydrogens (tertiary/aromatic N) is 5. The average molecular weight is 433 g/mol. The molecule has 0 unspecified atom stereocenters. The van der Waals surface area contributed by atoms with E-state index in [0.717, 1.165) is 42.0 Å². The minimum absolute atomic E-state index is 0.265. The Morgan fingerprint density at radius 1 is 1.16 bits per heavy atom. The zero-order valence-corrected chi connectivity index (χ0v) is 19.3. The maximum absolute atomic E-state index is 9.49. The van der Waals surface area contributed by atoms with E-state index in [1.165, 1.54) is 0 Å². The molecule has 0 saturated carbocycles. The lowest BCUT2D eigenvalue weighted by Gasteiger charge is -2.26. The van der Waals surface area contributed by atoms with Crippen LogP contribution in [0.4, 0.5) is 17.3 Å². The number of aromatic hydroxyl groups is 1. The van der Waals surface area contributed by atoms with E-state index in [9.17, 15) is 5.11 Å². The topological polar surface area (TPSA) is 86.5 Å². The Labute approximate surface area is 190 Å². The van der Waals surface area contributed by atoms with Crippen LogP contribution in [0.3, 0.4) is 0 Å². The van der Waals surface area contributed by atoms with Gasteiger partial charge in [-0.3, -0.25) is 9.98 Å². The molecular weight excluding hydrogens is 400 g/mol. The number of hydrogen-bond donors (Lipinski definition) is 2. The molecule has 3 rings (SSSR count). The second-order valence-electron chi connectivity index (χ2n) is 8.25. The molecule has 1 aromatic carbocycles. The number of phenols is 1. The van der Waals surface area contributed by atoms with Gasteiger partial charge in [0.05, 0.1) is 0 Å². The Balaban J connectivity index is 1.98. The monoisotopic (exact) mass is 432 g/mol. The third-order valence-electron chi connectivity index (χ3n) is 5.07. The number of rotatable bonds is 10. The van der Waals surface area contributed by atoms with Crippen LogP contribution in [0, 0.1) is 12.8 Å². The predicted octanol–water partition coefficient (Wildman–Crippen LogP) is 5.02. The summed E-state index contributed by atoms with van der Waals surface area (Å²) in [5, 5.41) is 12.9. The fourth-order valence-electron chi connectivity index (χ4n) is 3.53. The summed E-state index contributed by atoms with van der Waals surface area (Å²) in [6.45, 7) is 14.6. The number of hydrogen-bond acceptors (Lipinski definition) is 7. The molecule has 2 heterocycles. The third kappa shape index (κ3) is 5.81. The van der Waals surface area contributed by atoms with Gasteiger partial charge in [0.15, 0.2) is 17.5 Å². The number of aromatic nitrogens is 3. The van der Waals surface area contributed by atoms with Crippen LogP contribution in [0.1, 0.15) is 31.9 Å². The SMILES string of the molecule is C=Nc1c(NCCc2ccc(O)cc2)nc(-c2cncc(C)c2)nc1N(CC)CC(C)C. The van der Waals surface area contributed by atoms with Crippen molar-refractivity contribution in [1.29, 1.82) is 0 Å². The lowest BCUT2D eigenvalue weighted by Crippen LogP contribution is -2.28. The summed E-state index contributed by atoms with van der Waals surface area (Å²) >= 11 is 0. The normalized spacial score (nSPS) is 10.9. The van der Waals surface area contributed by atoms with Gasteiger partial charge in [0.25, 0.3) is 0 Å². The maximum atomic E-state index is 9.49. The maximum Gasteiger partial charge on any atom is 0.165 e. The van der Waals surface area contributed by atoms with Gasteiger partial charge in [-0.25, -0.2) is 9.97 Å². The molecule has 0 spiro atoms. The van der Waals surface area contributed by atoms with Crippen molar-refractivity contribution >= 4 is 24.0 Å². The van der Waals surface area contributed by atoms with Gasteiger partial charge in [0.2, 0.25) is 0 Å². The Hall–Kier alpha value is -3.48. The first-order chi connectivity index (χ1) is 15.4. The number of phenolic OH excluding ortho intramolecular Hbond substituents is 1. The quantitative estimate of drug-likeness (QED) is 0.437. The van der Waals surface area contributed by atoms with Gasteiger partial charge in [0.1, 0.15) is 11.4 Å². The molecule has 7 nitrogen and oxygen atoms in total. The molecule has 168 valence electrons. The summed E-state index contributed by atoms with van der Waals surface area (Å²) in [5.74, 6) is 2.77. The van der Waals surface area contributed by atoms with Gasteiger partial charge in [-0.2, -0.15) is 0 Å². The van der Waals surface area contributed by atoms with Crippen LogP contribution >= 0.6 is 0 Å². The third-order valence-corrected chi connectivity index (χ3v) is 5.07. The Kier molecular flexibility index (Phi) is 7.76. The van der Waals surface area contributed by atoms with Crippen molar-refractivity contribution in [2.24, 2.45) is 10.9 Å². The molecule has 0 atom stereocenters. The lowest BCUT2D eigenvalue weighted by molar-refractivity contribution is 0.475. The minimum atomic E-state index is 0.265. The van der Waals surface area contributed by atoms with E-state index in [2.05, 4.69) is 47.7 Å². The Bertz CT molecular complexity index is 1050. The minimum Gasteiger partial charge on any atom is -0.508 e. The van der Waals surface area contributed by atoms with Crippen molar-refractivity contribution in [2.45, 2.75) is 34.1 Å². The molecule has 0 radical (unpaired) electrons. The van der Waals surface area contributed by atoms with Crippen LogP contribution in [-0.2, 0) is 6.42 Å². The van der Waals surface area contributed by atoms with Gasteiger partial charge >= 0.3 is 0 Å². The van der Waals surface area contributed by atoms with Gasteiger partial charge in [0, 0.05) is 37.6 Å². The number of pyridine rings is 1. The first-order valence-electron chi connectivity index (χ1n) is 11.0. The first-order valence-corrected chi connectivity index (χ1v) is 11.0. The van der Waals surface area contributed by atoms with Crippen molar-refractivity contribution < 1.29 is 5.11 Å². The molecule has 0 aliphatic carbocycles. The highest BCUT2D eigenvalue weighted by Gasteiger charge is 2.20. The van der Waals surface area contributed by atoms with Crippen LogP contribution in [0.25, 0.3) is 11.4 Å². The number of nitrogens with one attached hydrogen (secondary N) is 1. The number of anilines is 2. The van der Waals surface area contributed by atoms with Crippen LogP contribution in [-0.4, -0.2) is 46.4 Å². The summed E-state index contributed by atoms with van der Waals surface area (Å²) in [6.07, 6.45) is 4.38. The molecule has 7 heteroatoms. The fraction of sp³-hybridized carbons (Fsp3) is 0.360. The van der Waals surface area contributed by atoms with Crippen LogP contribution in [0.15, 0.2) is 47.7 Å². The summed E-state index contributed by atoms with van der Waals surface area (Å²) in [5.41, 5.74) is 3.69. The van der Waals surface area contributed by atoms with E-state index in [1.807, 2.05) is 31.3 Å². The second-order valence-corrected chi connectivity index (χ2v) is 8.25. The second kappa shape index (κ2) is 10.7. The molecule has 2 aromatic heterocycles. The molecule has 0 aliphatic heterocycles. The van der Waals surface area contributed by atoms with E-state index in [4.69, 9.17) is 9.97 Å². The molecule has 3 aromatic rings. The van der Waals surface area contributed by atoms with Crippen molar-refractivity contribution in [2.75, 3.05) is 29.9 Å². The van der Waals surface area contributed by atoms with Crippen LogP contribution in [0.2, 0.25) is 0 Å². The van der Waals surface area contributed by atoms with Gasteiger partial charge in [-0.05, 0) is 62.2 Å². The molecule has 0 aliphatic rings. The molecule has 0 saturated heterocycles. The standard InChI is InChI=1S/C25H32N6O/c1-6-31(16-17(2)3)25-22(26-5)24(28-12-11-19-7-9-21(32)10-8-19)29-23(30-25)20-13-18(4)14-27-15-20/h7-10,13-15,17,32H,5-6,11-12,16H2,1-4H3,(H,28,29,30).